The van der Waals surface area contributed by atoms with Crippen LogP contribution < -0.4 is 5.32 Å². The quantitative estimate of drug-likeness (QED) is 0.659. The van der Waals surface area contributed by atoms with Crippen molar-refractivity contribution >= 4 is 22.5 Å². The van der Waals surface area contributed by atoms with Crippen molar-refractivity contribution in [1.29, 1.82) is 0 Å². The molecule has 2 aliphatic rings. The van der Waals surface area contributed by atoms with Crippen LogP contribution in [0.5, 0.6) is 0 Å². The van der Waals surface area contributed by atoms with Gasteiger partial charge in [-0.05, 0) is 73.7 Å². The fourth-order valence-corrected chi connectivity index (χ4v) is 5.27. The maximum atomic E-state index is 11.6. The second kappa shape index (κ2) is 6.62. The molecule has 0 radical (unpaired) electrons. The van der Waals surface area contributed by atoms with Gasteiger partial charge in [-0.2, -0.15) is 0 Å². The van der Waals surface area contributed by atoms with Gasteiger partial charge < -0.3 is 15.0 Å². The molecule has 0 aliphatic carbocycles. The van der Waals surface area contributed by atoms with Crippen LogP contribution in [0.2, 0.25) is 5.02 Å². The Kier molecular flexibility index (Phi) is 4.23. The second-order valence-corrected chi connectivity index (χ2v) is 8.35. The van der Waals surface area contributed by atoms with Gasteiger partial charge in [0.1, 0.15) is 0 Å². The van der Waals surface area contributed by atoms with Gasteiger partial charge in [0.15, 0.2) is 0 Å². The van der Waals surface area contributed by atoms with Crippen LogP contribution in [0.25, 0.3) is 10.9 Å². The molecular weight excluding hydrogens is 358 g/mol. The molecule has 140 valence electrons. The zero-order valence-corrected chi connectivity index (χ0v) is 16.0. The van der Waals surface area contributed by atoms with E-state index in [4.69, 9.17) is 11.6 Å². The molecule has 27 heavy (non-hydrogen) atoms. The molecule has 2 aromatic heterocycles. The second-order valence-electron chi connectivity index (χ2n) is 7.91. The fraction of sp³-hybridized carbons (Fsp3) is 0.409. The van der Waals surface area contributed by atoms with Crippen LogP contribution in [0.15, 0.2) is 42.7 Å². The third-order valence-electron chi connectivity index (χ3n) is 6.31. The van der Waals surface area contributed by atoms with Gasteiger partial charge in [-0.1, -0.05) is 11.6 Å². The molecule has 4 nitrogen and oxygen atoms in total. The Morgan fingerprint density at radius 3 is 2.93 bits per heavy atom. The van der Waals surface area contributed by atoms with Crippen molar-refractivity contribution in [2.24, 2.45) is 0 Å². The van der Waals surface area contributed by atoms with Crippen molar-refractivity contribution < 1.29 is 5.11 Å². The summed E-state index contributed by atoms with van der Waals surface area (Å²) >= 11 is 6.32. The van der Waals surface area contributed by atoms with Crippen LogP contribution in [0.1, 0.15) is 48.4 Å². The largest absolute Gasteiger partial charge is 0.385 e. The Balaban J connectivity index is 1.67. The predicted octanol–water partition coefficient (Wildman–Crippen LogP) is 4.34. The number of aliphatic hydroxyl groups is 1. The number of nitrogens with one attached hydrogen (secondary N) is 1. The van der Waals surface area contributed by atoms with E-state index in [9.17, 15) is 5.11 Å². The van der Waals surface area contributed by atoms with Crippen molar-refractivity contribution in [2.75, 3.05) is 6.54 Å². The molecule has 2 N–H and O–H groups in total. The number of pyridine rings is 1. The third kappa shape index (κ3) is 2.87. The van der Waals surface area contributed by atoms with Gasteiger partial charge >= 0.3 is 0 Å². The Morgan fingerprint density at radius 2 is 2.07 bits per heavy atom. The van der Waals surface area contributed by atoms with E-state index in [2.05, 4.69) is 27.0 Å². The summed E-state index contributed by atoms with van der Waals surface area (Å²) in [4.78, 5) is 4.13. The molecule has 1 aromatic carbocycles. The molecule has 0 saturated carbocycles. The zero-order chi connectivity index (χ0) is 18.4. The summed E-state index contributed by atoms with van der Waals surface area (Å²) in [5.74, 6) is 0.319. The molecule has 2 unspecified atom stereocenters. The highest BCUT2D eigenvalue weighted by molar-refractivity contribution is 6.31. The first kappa shape index (κ1) is 17.2. The number of benzene rings is 1. The Bertz CT molecular complexity index is 984. The van der Waals surface area contributed by atoms with Crippen molar-refractivity contribution in [2.45, 2.75) is 50.3 Å². The Hall–Kier alpha value is -1.88. The maximum Gasteiger partial charge on any atom is 0.0904 e. The number of aryl methyl sites for hydroxylation is 1. The lowest BCUT2D eigenvalue weighted by molar-refractivity contribution is 0.00401. The predicted molar refractivity (Wildman–Crippen MR) is 108 cm³/mol. The summed E-state index contributed by atoms with van der Waals surface area (Å²) < 4.78 is 2.49. The van der Waals surface area contributed by atoms with Crippen LogP contribution in [0, 0.1) is 0 Å². The number of hydrogen-bond donors (Lipinski definition) is 2. The molecular formula is C22H24ClN3O. The molecule has 0 fully saturated rings. The first-order chi connectivity index (χ1) is 13.2. The van der Waals surface area contributed by atoms with Gasteiger partial charge in [-0.3, -0.25) is 4.98 Å². The lowest BCUT2D eigenvalue weighted by Crippen LogP contribution is -2.31. The summed E-state index contributed by atoms with van der Waals surface area (Å²) in [5.41, 5.74) is 4.21. The average Bonchev–Trinajstić information content (AvgIpc) is 2.81. The smallest absolute Gasteiger partial charge is 0.0904 e. The topological polar surface area (TPSA) is 50.1 Å². The van der Waals surface area contributed by atoms with Gasteiger partial charge in [0, 0.05) is 53.0 Å². The lowest BCUT2D eigenvalue weighted by Gasteiger charge is -2.35. The van der Waals surface area contributed by atoms with E-state index in [-0.39, 0.29) is 0 Å². The van der Waals surface area contributed by atoms with Crippen molar-refractivity contribution in [3.8, 4) is 0 Å². The number of aromatic nitrogens is 2. The first-order valence-corrected chi connectivity index (χ1v) is 10.2. The van der Waals surface area contributed by atoms with E-state index in [0.717, 1.165) is 55.9 Å². The highest BCUT2D eigenvalue weighted by Crippen LogP contribution is 2.45. The number of hydrogen-bond acceptors (Lipinski definition) is 3. The lowest BCUT2D eigenvalue weighted by atomic mass is 9.78. The van der Waals surface area contributed by atoms with Gasteiger partial charge in [-0.25, -0.2) is 0 Å². The van der Waals surface area contributed by atoms with Gasteiger partial charge in [0.2, 0.25) is 0 Å². The molecule has 4 heterocycles. The van der Waals surface area contributed by atoms with E-state index in [1.54, 1.807) is 12.4 Å². The van der Waals surface area contributed by atoms with Crippen LogP contribution in [-0.2, 0) is 18.7 Å². The summed E-state index contributed by atoms with van der Waals surface area (Å²) in [6, 6.07) is 10.2. The minimum Gasteiger partial charge on any atom is -0.385 e. The van der Waals surface area contributed by atoms with Gasteiger partial charge in [0.25, 0.3) is 0 Å². The zero-order valence-electron chi connectivity index (χ0n) is 15.3. The van der Waals surface area contributed by atoms with E-state index in [1.807, 2.05) is 18.2 Å². The summed E-state index contributed by atoms with van der Waals surface area (Å²) in [6.07, 6.45) is 7.05. The first-order valence-electron chi connectivity index (χ1n) is 9.80. The van der Waals surface area contributed by atoms with Crippen molar-refractivity contribution in [3.05, 3.63) is 64.6 Å². The van der Waals surface area contributed by atoms with E-state index in [0.29, 0.717) is 5.92 Å². The minimum atomic E-state index is -0.797. The van der Waals surface area contributed by atoms with E-state index < -0.39 is 5.60 Å². The summed E-state index contributed by atoms with van der Waals surface area (Å²) in [7, 11) is 0. The number of nitrogens with zero attached hydrogens (tertiary/aromatic N) is 2. The van der Waals surface area contributed by atoms with Crippen LogP contribution >= 0.6 is 11.6 Å². The van der Waals surface area contributed by atoms with Crippen LogP contribution in [0.3, 0.4) is 0 Å². The van der Waals surface area contributed by atoms with Crippen molar-refractivity contribution in [1.82, 2.24) is 14.9 Å². The van der Waals surface area contributed by atoms with Crippen LogP contribution in [0.4, 0.5) is 0 Å². The highest BCUT2D eigenvalue weighted by Gasteiger charge is 2.37. The molecule has 2 atom stereocenters. The third-order valence-corrected chi connectivity index (χ3v) is 6.54. The SMILES string of the molecule is OC1(c2ccncc2)CCCn2c3c(c4cc(Cl)ccc42)CNCCC3C1. The minimum absolute atomic E-state index is 0.319. The molecule has 5 heteroatoms. The fourth-order valence-electron chi connectivity index (χ4n) is 5.10. The Labute approximate surface area is 164 Å². The number of halogens is 1. The molecule has 2 aliphatic heterocycles. The van der Waals surface area contributed by atoms with Gasteiger partial charge in [-0.15, -0.1) is 0 Å². The number of rotatable bonds is 1. The average molecular weight is 382 g/mol. The summed E-state index contributed by atoms with van der Waals surface area (Å²) in [6.45, 7) is 2.76. The normalized spacial score (nSPS) is 25.5. The molecule has 5 rings (SSSR count). The molecule has 0 saturated heterocycles. The standard InChI is InChI=1S/C22H24ClN3O/c23-17-2-3-20-18(12-17)19-14-25-8-4-15-13-22(27,16-5-9-24-10-6-16)7-1-11-26(20)21(15)19/h2-3,5-6,9-10,12,15,25,27H,1,4,7-8,11,13-14H2. The molecule has 3 aromatic rings. The maximum absolute atomic E-state index is 11.6. The number of fused-ring (bicyclic) bond motifs is 3. The van der Waals surface area contributed by atoms with Gasteiger partial charge in [0.05, 0.1) is 5.60 Å². The highest BCUT2D eigenvalue weighted by atomic mass is 35.5. The molecule has 0 spiro atoms. The molecule has 0 amide bonds. The monoisotopic (exact) mass is 381 g/mol. The van der Waals surface area contributed by atoms with E-state index >= 15 is 0 Å². The Morgan fingerprint density at radius 1 is 1.22 bits per heavy atom. The molecule has 0 bridgehead atoms. The van der Waals surface area contributed by atoms with Crippen molar-refractivity contribution in [3.63, 3.8) is 0 Å². The van der Waals surface area contributed by atoms with E-state index in [1.165, 1.54) is 22.2 Å². The van der Waals surface area contributed by atoms with Crippen LogP contribution in [-0.4, -0.2) is 21.2 Å². The summed E-state index contributed by atoms with van der Waals surface area (Å²) in [5, 5.41) is 17.2.